The average molecular weight is 216 g/mol. The minimum Gasteiger partial charge on any atom is -0.346 e. The first-order valence-electron chi connectivity index (χ1n) is 5.94. The standard InChI is InChI=1S/C12H17BN2O/c1-9(2)10-4-3-5-11(14-10)12(16)15-7-6-13-8-15/h3-5,9,13H,6-8H2,1-2H3. The van der Waals surface area contributed by atoms with E-state index in [1.165, 1.54) is 0 Å². The summed E-state index contributed by atoms with van der Waals surface area (Å²) in [6.07, 6.45) is 2.00. The van der Waals surface area contributed by atoms with Crippen LogP contribution in [0.25, 0.3) is 0 Å². The van der Waals surface area contributed by atoms with E-state index in [4.69, 9.17) is 0 Å². The first-order chi connectivity index (χ1) is 7.68. The fourth-order valence-corrected chi connectivity index (χ4v) is 1.97. The molecule has 1 fully saturated rings. The molecule has 1 aromatic heterocycles. The number of hydrogen-bond acceptors (Lipinski definition) is 2. The van der Waals surface area contributed by atoms with Crippen molar-refractivity contribution in [1.82, 2.24) is 9.88 Å². The number of rotatable bonds is 2. The van der Waals surface area contributed by atoms with Gasteiger partial charge in [0.2, 0.25) is 0 Å². The molecule has 0 aliphatic carbocycles. The van der Waals surface area contributed by atoms with Crippen molar-refractivity contribution in [2.75, 3.05) is 13.0 Å². The topological polar surface area (TPSA) is 33.2 Å². The van der Waals surface area contributed by atoms with Crippen molar-refractivity contribution in [2.45, 2.75) is 26.1 Å². The van der Waals surface area contributed by atoms with Crippen LogP contribution in [-0.2, 0) is 0 Å². The highest BCUT2D eigenvalue weighted by Gasteiger charge is 2.21. The van der Waals surface area contributed by atoms with E-state index in [0.717, 1.165) is 32.3 Å². The number of carbonyl (C=O) groups is 1. The molecule has 1 saturated heterocycles. The molecule has 0 radical (unpaired) electrons. The van der Waals surface area contributed by atoms with Crippen molar-refractivity contribution in [3.63, 3.8) is 0 Å². The van der Waals surface area contributed by atoms with Crippen molar-refractivity contribution >= 4 is 13.2 Å². The molecular weight excluding hydrogens is 199 g/mol. The lowest BCUT2D eigenvalue weighted by Crippen LogP contribution is -2.29. The lowest BCUT2D eigenvalue weighted by atomic mass is 9.79. The van der Waals surface area contributed by atoms with E-state index in [1.54, 1.807) is 0 Å². The molecule has 16 heavy (non-hydrogen) atoms. The smallest absolute Gasteiger partial charge is 0.271 e. The van der Waals surface area contributed by atoms with E-state index < -0.39 is 0 Å². The highest BCUT2D eigenvalue weighted by Crippen LogP contribution is 2.13. The van der Waals surface area contributed by atoms with Crippen LogP contribution in [0.4, 0.5) is 0 Å². The van der Waals surface area contributed by atoms with Crippen LogP contribution < -0.4 is 0 Å². The minimum atomic E-state index is 0.0833. The van der Waals surface area contributed by atoms with Crippen molar-refractivity contribution in [1.29, 1.82) is 0 Å². The Hall–Kier alpha value is -1.32. The Kier molecular flexibility index (Phi) is 3.27. The van der Waals surface area contributed by atoms with Crippen molar-refractivity contribution in [2.24, 2.45) is 0 Å². The van der Waals surface area contributed by atoms with Gasteiger partial charge < -0.3 is 4.90 Å². The first-order valence-corrected chi connectivity index (χ1v) is 5.94. The summed E-state index contributed by atoms with van der Waals surface area (Å²) in [5.41, 5.74) is 1.58. The molecule has 3 nitrogen and oxygen atoms in total. The second-order valence-electron chi connectivity index (χ2n) is 4.60. The third-order valence-electron chi connectivity index (χ3n) is 2.97. The molecule has 0 N–H and O–H groups in total. The van der Waals surface area contributed by atoms with Crippen LogP contribution in [0.5, 0.6) is 0 Å². The maximum absolute atomic E-state index is 12.1. The summed E-state index contributed by atoms with van der Waals surface area (Å²) >= 11 is 0. The van der Waals surface area contributed by atoms with Gasteiger partial charge in [-0.2, -0.15) is 0 Å². The molecule has 1 amide bonds. The first kappa shape index (κ1) is 11.2. The van der Waals surface area contributed by atoms with Gasteiger partial charge in [0.05, 0.1) is 0 Å². The van der Waals surface area contributed by atoms with Crippen LogP contribution in [0, 0.1) is 0 Å². The molecule has 0 bridgehead atoms. The number of nitrogens with zero attached hydrogens (tertiary/aromatic N) is 2. The lowest BCUT2D eigenvalue weighted by molar-refractivity contribution is 0.0795. The number of amides is 1. The monoisotopic (exact) mass is 216 g/mol. The summed E-state index contributed by atoms with van der Waals surface area (Å²) in [5, 5.41) is 0. The van der Waals surface area contributed by atoms with E-state index >= 15 is 0 Å². The molecule has 4 heteroatoms. The van der Waals surface area contributed by atoms with Crippen LogP contribution in [0.3, 0.4) is 0 Å². The average Bonchev–Trinajstić information content (AvgIpc) is 2.81. The Bertz CT molecular complexity index is 386. The summed E-state index contributed by atoms with van der Waals surface area (Å²) in [7, 11) is 1.12. The largest absolute Gasteiger partial charge is 0.346 e. The van der Waals surface area contributed by atoms with E-state index in [1.807, 2.05) is 23.1 Å². The van der Waals surface area contributed by atoms with Gasteiger partial charge in [0, 0.05) is 12.2 Å². The maximum atomic E-state index is 12.1. The van der Waals surface area contributed by atoms with Crippen LogP contribution in [-0.4, -0.2) is 36.1 Å². The van der Waals surface area contributed by atoms with Crippen LogP contribution in [0.2, 0.25) is 6.32 Å². The Morgan fingerprint density at radius 1 is 1.50 bits per heavy atom. The Morgan fingerprint density at radius 3 is 2.94 bits per heavy atom. The van der Waals surface area contributed by atoms with Gasteiger partial charge >= 0.3 is 0 Å². The van der Waals surface area contributed by atoms with Gasteiger partial charge in [-0.15, -0.1) is 0 Å². The van der Waals surface area contributed by atoms with Crippen LogP contribution in [0.1, 0.15) is 35.9 Å². The number of hydrogen-bond donors (Lipinski definition) is 0. The number of carbonyl (C=O) groups excluding carboxylic acids is 1. The fourth-order valence-electron chi connectivity index (χ4n) is 1.97. The van der Waals surface area contributed by atoms with Gasteiger partial charge in [0.1, 0.15) is 13.0 Å². The predicted octanol–water partition coefficient (Wildman–Crippen LogP) is 1.47. The van der Waals surface area contributed by atoms with Crippen molar-refractivity contribution < 1.29 is 4.79 Å². The molecular formula is C12H17BN2O. The fraction of sp³-hybridized carbons (Fsp3) is 0.500. The molecule has 0 atom stereocenters. The summed E-state index contributed by atoms with van der Waals surface area (Å²) in [4.78, 5) is 18.4. The minimum absolute atomic E-state index is 0.0833. The highest BCUT2D eigenvalue weighted by atomic mass is 16.2. The second kappa shape index (κ2) is 4.68. The van der Waals surface area contributed by atoms with Crippen molar-refractivity contribution in [3.05, 3.63) is 29.6 Å². The van der Waals surface area contributed by atoms with Gasteiger partial charge in [-0.05, 0) is 24.5 Å². The zero-order valence-corrected chi connectivity index (χ0v) is 9.94. The van der Waals surface area contributed by atoms with Crippen molar-refractivity contribution in [3.8, 4) is 0 Å². The van der Waals surface area contributed by atoms with Gasteiger partial charge in [-0.1, -0.05) is 26.2 Å². The Morgan fingerprint density at radius 2 is 2.31 bits per heavy atom. The van der Waals surface area contributed by atoms with Gasteiger partial charge in [0.25, 0.3) is 5.91 Å². The zero-order valence-electron chi connectivity index (χ0n) is 9.94. The quantitative estimate of drug-likeness (QED) is 0.701. The molecule has 1 aliphatic rings. The molecule has 84 valence electrons. The van der Waals surface area contributed by atoms with Gasteiger partial charge in [-0.25, -0.2) is 4.98 Å². The molecule has 1 aromatic rings. The number of aromatic nitrogens is 1. The van der Waals surface area contributed by atoms with E-state index in [-0.39, 0.29) is 5.91 Å². The third kappa shape index (κ3) is 2.26. The number of pyridine rings is 1. The third-order valence-corrected chi connectivity index (χ3v) is 2.97. The molecule has 0 unspecified atom stereocenters. The zero-order chi connectivity index (χ0) is 11.5. The van der Waals surface area contributed by atoms with Gasteiger partial charge in [-0.3, -0.25) is 4.79 Å². The normalized spacial score (nSPS) is 15.3. The predicted molar refractivity (Wildman–Crippen MR) is 66.2 cm³/mol. The molecule has 1 aliphatic heterocycles. The van der Waals surface area contributed by atoms with E-state index in [0.29, 0.717) is 11.6 Å². The SMILES string of the molecule is CC(C)c1cccc(C(=O)N2CBCC2)n1. The molecule has 2 heterocycles. The lowest BCUT2D eigenvalue weighted by Gasteiger charge is -2.15. The van der Waals surface area contributed by atoms with E-state index in [9.17, 15) is 4.79 Å². The Balaban J connectivity index is 2.19. The molecule has 0 aromatic carbocycles. The highest BCUT2D eigenvalue weighted by molar-refractivity contribution is 6.37. The second-order valence-corrected chi connectivity index (χ2v) is 4.60. The van der Waals surface area contributed by atoms with Gasteiger partial charge in [0.15, 0.2) is 0 Å². The summed E-state index contributed by atoms with van der Waals surface area (Å²) in [6.45, 7) is 5.06. The van der Waals surface area contributed by atoms with Crippen LogP contribution in [0.15, 0.2) is 18.2 Å². The summed E-state index contributed by atoms with van der Waals surface area (Å²) in [6, 6.07) is 5.71. The summed E-state index contributed by atoms with van der Waals surface area (Å²) in [5.74, 6) is 0.450. The summed E-state index contributed by atoms with van der Waals surface area (Å²) < 4.78 is 0. The molecule has 0 saturated carbocycles. The van der Waals surface area contributed by atoms with E-state index in [2.05, 4.69) is 18.8 Å². The molecule has 2 rings (SSSR count). The van der Waals surface area contributed by atoms with Crippen LogP contribution >= 0.6 is 0 Å². The maximum Gasteiger partial charge on any atom is 0.271 e. The molecule has 0 spiro atoms. The Labute approximate surface area is 97.1 Å².